The van der Waals surface area contributed by atoms with E-state index in [1.807, 2.05) is 78.9 Å². The number of rotatable bonds is 4. The highest BCUT2D eigenvalue weighted by Gasteiger charge is 2.45. The average Bonchev–Trinajstić information content (AvgIpc) is 3.19. The lowest BCUT2D eigenvalue weighted by Crippen LogP contribution is -2.61. The number of fused-ring (bicyclic) bond motifs is 8. The van der Waals surface area contributed by atoms with Crippen molar-refractivity contribution in [1.29, 1.82) is 0 Å². The quantitative estimate of drug-likeness (QED) is 0.167. The van der Waals surface area contributed by atoms with Crippen molar-refractivity contribution in [3.63, 3.8) is 0 Å². The van der Waals surface area contributed by atoms with E-state index in [2.05, 4.69) is 96.1 Å². The molecular formula is C50H40B2O6. The minimum atomic E-state index is -0.138. The molecule has 0 fully saturated rings. The van der Waals surface area contributed by atoms with E-state index in [0.29, 0.717) is 34.5 Å². The van der Waals surface area contributed by atoms with Crippen molar-refractivity contribution in [2.24, 2.45) is 0 Å². The number of ether oxygens (including phenoxy) is 6. The second-order valence-corrected chi connectivity index (χ2v) is 17.7. The van der Waals surface area contributed by atoms with E-state index in [1.54, 1.807) is 0 Å². The second-order valence-electron chi connectivity index (χ2n) is 17.7. The van der Waals surface area contributed by atoms with Gasteiger partial charge in [-0.05, 0) is 80.2 Å². The van der Waals surface area contributed by atoms with E-state index in [0.717, 1.165) is 67.3 Å². The molecule has 7 aromatic rings. The van der Waals surface area contributed by atoms with E-state index in [9.17, 15) is 0 Å². The SMILES string of the molecule is CC(C)(C)c1ccc(Oc2cc3c4c(c2)Oc2cc5c(cc2B4c2ccccc2O3)B2c3ccccc3Oc3cc(Oc4ccc(C(C)(C)C)cc4)cc(c32)O5)cc1. The largest absolute Gasteiger partial charge is 0.458 e. The Kier molecular flexibility index (Phi) is 7.47. The maximum absolute atomic E-state index is 6.86. The Bertz CT molecular complexity index is 2630. The fraction of sp³-hybridized carbons (Fsp3) is 0.160. The average molecular weight is 758 g/mol. The number of hydrogen-bond donors (Lipinski definition) is 0. The highest BCUT2D eigenvalue weighted by atomic mass is 16.5. The first-order chi connectivity index (χ1) is 27.9. The molecule has 282 valence electrons. The summed E-state index contributed by atoms with van der Waals surface area (Å²) in [5.41, 5.74) is 8.78. The molecule has 8 heteroatoms. The molecule has 0 N–H and O–H groups in total. The van der Waals surface area contributed by atoms with Gasteiger partial charge in [-0.15, -0.1) is 0 Å². The number of benzene rings is 7. The zero-order valence-corrected chi connectivity index (χ0v) is 33.3. The van der Waals surface area contributed by atoms with Crippen LogP contribution < -0.4 is 61.2 Å². The highest BCUT2D eigenvalue weighted by Crippen LogP contribution is 2.43. The smallest absolute Gasteiger partial charge is 0.260 e. The molecule has 0 unspecified atom stereocenters. The first kappa shape index (κ1) is 34.7. The molecule has 0 atom stereocenters. The molecule has 4 aliphatic heterocycles. The fourth-order valence-electron chi connectivity index (χ4n) is 8.78. The van der Waals surface area contributed by atoms with E-state index in [-0.39, 0.29) is 24.3 Å². The van der Waals surface area contributed by atoms with Crippen molar-refractivity contribution in [3.05, 3.63) is 145 Å². The van der Waals surface area contributed by atoms with Crippen LogP contribution in [0.25, 0.3) is 0 Å². The van der Waals surface area contributed by atoms with Crippen molar-refractivity contribution < 1.29 is 28.4 Å². The molecule has 6 nitrogen and oxygen atoms in total. The van der Waals surface area contributed by atoms with Crippen LogP contribution in [0.5, 0.6) is 69.0 Å². The second kappa shape index (κ2) is 12.5. The maximum Gasteiger partial charge on any atom is 0.260 e. The molecule has 0 aromatic heterocycles. The third kappa shape index (κ3) is 5.65. The molecule has 0 amide bonds. The Morgan fingerprint density at radius 3 is 1.09 bits per heavy atom. The summed E-state index contributed by atoms with van der Waals surface area (Å²) in [5.74, 6) is 8.62. The fourth-order valence-corrected chi connectivity index (χ4v) is 8.78. The van der Waals surface area contributed by atoms with Gasteiger partial charge >= 0.3 is 0 Å². The van der Waals surface area contributed by atoms with Crippen molar-refractivity contribution in [3.8, 4) is 69.0 Å². The lowest BCUT2D eigenvalue weighted by atomic mass is 9.31. The topological polar surface area (TPSA) is 55.4 Å². The summed E-state index contributed by atoms with van der Waals surface area (Å²) in [5, 5.41) is 0. The number of para-hydroxylation sites is 2. The van der Waals surface area contributed by atoms with Crippen LogP contribution in [0.3, 0.4) is 0 Å². The third-order valence-electron chi connectivity index (χ3n) is 11.7. The third-order valence-corrected chi connectivity index (χ3v) is 11.7. The van der Waals surface area contributed by atoms with Crippen molar-refractivity contribution >= 4 is 46.2 Å². The van der Waals surface area contributed by atoms with Gasteiger partial charge in [0.25, 0.3) is 13.4 Å². The van der Waals surface area contributed by atoms with E-state index in [4.69, 9.17) is 28.4 Å². The standard InChI is InChI=1S/C50H40B2O6/c1-49(2,3)29-15-19-31(20-16-29)53-33-23-43-47-45(25-33)57-41-28-42-38(27-37(41)51(47)35-11-7-9-13-39(35)55-43)52-36-12-8-10-14-40(36)56-44-24-34(26-46(58-42)48(44)52)54-32-21-17-30(18-22-32)50(4,5)6/h7-28H,1-6H3. The molecule has 7 aromatic carbocycles. The maximum atomic E-state index is 6.86. The summed E-state index contributed by atoms with van der Waals surface area (Å²) in [4.78, 5) is 0. The normalized spacial score (nSPS) is 13.8. The van der Waals surface area contributed by atoms with Crippen LogP contribution in [-0.4, -0.2) is 13.4 Å². The summed E-state index contributed by atoms with van der Waals surface area (Å²) >= 11 is 0. The summed E-state index contributed by atoms with van der Waals surface area (Å²) in [6, 6.07) is 45.3. The highest BCUT2D eigenvalue weighted by molar-refractivity contribution is 7.01. The minimum Gasteiger partial charge on any atom is -0.458 e. The van der Waals surface area contributed by atoms with Crippen LogP contribution in [0.4, 0.5) is 0 Å². The Balaban J connectivity index is 1.01. The van der Waals surface area contributed by atoms with Crippen LogP contribution in [0.2, 0.25) is 0 Å². The van der Waals surface area contributed by atoms with Crippen molar-refractivity contribution in [2.45, 2.75) is 52.4 Å². The van der Waals surface area contributed by atoms with Gasteiger partial charge in [-0.3, -0.25) is 0 Å². The van der Waals surface area contributed by atoms with E-state index < -0.39 is 0 Å². The summed E-state index contributed by atoms with van der Waals surface area (Å²) in [6.07, 6.45) is 0. The summed E-state index contributed by atoms with van der Waals surface area (Å²) in [7, 11) is 0. The van der Waals surface area contributed by atoms with Gasteiger partial charge in [-0.25, -0.2) is 0 Å². The van der Waals surface area contributed by atoms with Gasteiger partial charge in [0.1, 0.15) is 69.0 Å². The zero-order chi connectivity index (χ0) is 39.5. The molecule has 0 aliphatic carbocycles. The molecule has 11 rings (SSSR count). The van der Waals surface area contributed by atoms with Crippen LogP contribution >= 0.6 is 0 Å². The number of hydrogen-bond acceptors (Lipinski definition) is 6. The first-order valence-corrected chi connectivity index (χ1v) is 19.9. The van der Waals surface area contributed by atoms with Gasteiger partial charge < -0.3 is 28.4 Å². The van der Waals surface area contributed by atoms with Crippen LogP contribution in [-0.2, 0) is 10.8 Å². The predicted octanol–water partition coefficient (Wildman–Crippen LogP) is 9.32. The van der Waals surface area contributed by atoms with Gasteiger partial charge in [0.15, 0.2) is 0 Å². The van der Waals surface area contributed by atoms with Crippen LogP contribution in [0.1, 0.15) is 52.7 Å². The lowest BCUT2D eigenvalue weighted by molar-refractivity contribution is 0.435. The van der Waals surface area contributed by atoms with Crippen LogP contribution in [0, 0.1) is 0 Å². The molecule has 4 heterocycles. The van der Waals surface area contributed by atoms with Gasteiger partial charge in [-0.1, -0.05) is 108 Å². The first-order valence-electron chi connectivity index (χ1n) is 19.9. The monoisotopic (exact) mass is 758 g/mol. The van der Waals surface area contributed by atoms with Gasteiger partial charge in [0.2, 0.25) is 0 Å². The van der Waals surface area contributed by atoms with Gasteiger partial charge in [-0.2, -0.15) is 0 Å². The predicted molar refractivity (Wildman–Crippen MR) is 232 cm³/mol. The molecule has 58 heavy (non-hydrogen) atoms. The molecule has 4 aliphatic rings. The molecule has 0 radical (unpaired) electrons. The minimum absolute atomic E-state index is 0.0441. The summed E-state index contributed by atoms with van der Waals surface area (Å²) < 4.78 is 39.9. The van der Waals surface area contributed by atoms with Crippen LogP contribution in [0.15, 0.2) is 133 Å². The van der Waals surface area contributed by atoms with Crippen molar-refractivity contribution in [2.75, 3.05) is 0 Å². The Labute approximate surface area is 339 Å². The molecule has 0 saturated heterocycles. The van der Waals surface area contributed by atoms with Crippen molar-refractivity contribution in [1.82, 2.24) is 0 Å². The Hall–Kier alpha value is -6.53. The van der Waals surface area contributed by atoms with Gasteiger partial charge in [0.05, 0.1) is 0 Å². The summed E-state index contributed by atoms with van der Waals surface area (Å²) in [6.45, 7) is 13.0. The Morgan fingerprint density at radius 2 is 0.707 bits per heavy atom. The Morgan fingerprint density at radius 1 is 0.345 bits per heavy atom. The van der Waals surface area contributed by atoms with E-state index in [1.165, 1.54) is 11.1 Å². The lowest BCUT2D eigenvalue weighted by Gasteiger charge is -2.36. The van der Waals surface area contributed by atoms with E-state index >= 15 is 0 Å². The van der Waals surface area contributed by atoms with Gasteiger partial charge in [0, 0.05) is 41.3 Å². The molecular weight excluding hydrogens is 718 g/mol. The molecule has 0 bridgehead atoms. The molecule has 0 spiro atoms. The molecule has 0 saturated carbocycles. The zero-order valence-electron chi connectivity index (χ0n) is 33.3.